The number of ether oxygens (including phenoxy) is 1. The average molecular weight is 527 g/mol. The molecule has 3 aliphatic heterocycles. The van der Waals surface area contributed by atoms with Crippen LogP contribution >= 0.6 is 11.8 Å². The minimum Gasteiger partial charge on any atom is -0.461 e. The number of thioether (sulfide) groups is 1. The van der Waals surface area contributed by atoms with E-state index < -0.39 is 39.4 Å². The molecule has 200 valence electrons. The van der Waals surface area contributed by atoms with Gasteiger partial charge < -0.3 is 19.6 Å². The second-order valence-corrected chi connectivity index (χ2v) is 12.8. The number of rotatable bonds is 11. The molecule has 3 aliphatic rings. The monoisotopic (exact) mass is 526 g/mol. The summed E-state index contributed by atoms with van der Waals surface area (Å²) < 4.78 is 4.21. The maximum atomic E-state index is 14.5. The zero-order valence-corrected chi connectivity index (χ0v) is 22.8. The first-order valence-corrected chi connectivity index (χ1v) is 13.8. The normalized spacial score (nSPS) is 30.8. The van der Waals surface area contributed by atoms with Crippen LogP contribution in [0.2, 0.25) is 0 Å². The van der Waals surface area contributed by atoms with Crippen LogP contribution in [0.5, 0.6) is 0 Å². The van der Waals surface area contributed by atoms with Crippen molar-refractivity contribution in [2.45, 2.75) is 61.7 Å². The third-order valence-corrected chi connectivity index (χ3v) is 10.2. The lowest BCUT2D eigenvalue weighted by Gasteiger charge is -2.40. The molecule has 1 aromatic carbocycles. The third-order valence-electron chi connectivity index (χ3n) is 8.24. The zero-order chi connectivity index (χ0) is 27.0. The fourth-order valence-corrected chi connectivity index (χ4v) is 8.90. The van der Waals surface area contributed by atoms with Gasteiger partial charge >= 0.3 is 5.97 Å². The van der Waals surface area contributed by atoms with Crippen LogP contribution in [0.4, 0.5) is 0 Å². The fraction of sp³-hybridized carbons (Fsp3) is 0.552. The lowest BCUT2D eigenvalue weighted by molar-refractivity contribution is -0.155. The fourth-order valence-electron chi connectivity index (χ4n) is 6.57. The van der Waals surface area contributed by atoms with E-state index in [4.69, 9.17) is 4.74 Å². The molecule has 0 saturated carbocycles. The molecule has 2 unspecified atom stereocenters. The van der Waals surface area contributed by atoms with Gasteiger partial charge in [-0.15, -0.1) is 18.3 Å². The van der Waals surface area contributed by atoms with E-state index in [1.165, 1.54) is 6.08 Å². The highest BCUT2D eigenvalue weighted by molar-refractivity contribution is 8.02. The van der Waals surface area contributed by atoms with Gasteiger partial charge in [-0.1, -0.05) is 62.9 Å². The number of aliphatic hydroxyl groups is 1. The predicted molar refractivity (Wildman–Crippen MR) is 144 cm³/mol. The van der Waals surface area contributed by atoms with Crippen LogP contribution in [0.15, 0.2) is 55.6 Å². The molecule has 3 fully saturated rings. The summed E-state index contributed by atoms with van der Waals surface area (Å²) in [7, 11) is 0. The van der Waals surface area contributed by atoms with E-state index in [0.717, 1.165) is 5.56 Å². The minimum absolute atomic E-state index is 0.0749. The number of carbonyl (C=O) groups is 3. The number of esters is 1. The van der Waals surface area contributed by atoms with Crippen molar-refractivity contribution in [3.8, 4) is 0 Å². The Bertz CT molecular complexity index is 1060. The SMILES string of the molecule is C=CCOC(=O)[C@H]1[C@H]2C(=O)N([C@@H](CO)C(C)C)C(C(=O)N(CC=C)Cc3ccccc3)C23CC[C@]1(C)S3. The Hall–Kier alpha value is -2.58. The Morgan fingerprint density at radius 2 is 1.95 bits per heavy atom. The average Bonchev–Trinajstić information content (AvgIpc) is 3.44. The topological polar surface area (TPSA) is 87.1 Å². The summed E-state index contributed by atoms with van der Waals surface area (Å²) in [5, 5.41) is 10.4. The van der Waals surface area contributed by atoms with Gasteiger partial charge in [0.05, 0.1) is 29.2 Å². The molecule has 0 aliphatic carbocycles. The van der Waals surface area contributed by atoms with Crippen LogP contribution < -0.4 is 0 Å². The number of carbonyl (C=O) groups excluding carboxylic acids is 3. The van der Waals surface area contributed by atoms with E-state index in [1.807, 2.05) is 51.1 Å². The molecule has 1 spiro atoms. The van der Waals surface area contributed by atoms with Crippen LogP contribution in [0, 0.1) is 17.8 Å². The summed E-state index contributed by atoms with van der Waals surface area (Å²) in [6.45, 7) is 13.9. The van der Waals surface area contributed by atoms with Crippen molar-refractivity contribution in [2.24, 2.45) is 17.8 Å². The number of nitrogens with zero attached hydrogens (tertiary/aromatic N) is 2. The van der Waals surface area contributed by atoms with E-state index in [9.17, 15) is 19.5 Å². The number of hydrogen-bond acceptors (Lipinski definition) is 6. The molecule has 37 heavy (non-hydrogen) atoms. The van der Waals surface area contributed by atoms with E-state index in [2.05, 4.69) is 13.2 Å². The molecule has 2 bridgehead atoms. The molecule has 2 amide bonds. The molecule has 1 N–H and O–H groups in total. The summed E-state index contributed by atoms with van der Waals surface area (Å²) in [4.78, 5) is 45.4. The van der Waals surface area contributed by atoms with Crippen molar-refractivity contribution in [3.05, 3.63) is 61.2 Å². The molecular formula is C29H38N2O5S. The highest BCUT2D eigenvalue weighted by Crippen LogP contribution is 2.72. The summed E-state index contributed by atoms with van der Waals surface area (Å²) >= 11 is 1.60. The molecular weight excluding hydrogens is 488 g/mol. The highest BCUT2D eigenvalue weighted by atomic mass is 32.2. The largest absolute Gasteiger partial charge is 0.461 e. The van der Waals surface area contributed by atoms with Crippen LogP contribution in [0.1, 0.15) is 39.2 Å². The van der Waals surface area contributed by atoms with Crippen LogP contribution in [-0.4, -0.2) is 74.0 Å². The number of fused-ring (bicyclic) bond motifs is 1. The van der Waals surface area contributed by atoms with Crippen LogP contribution in [0.3, 0.4) is 0 Å². The molecule has 3 heterocycles. The molecule has 3 saturated heterocycles. The number of benzene rings is 1. The van der Waals surface area contributed by atoms with Gasteiger partial charge in [0.2, 0.25) is 11.8 Å². The lowest BCUT2D eigenvalue weighted by Crippen LogP contribution is -2.58. The van der Waals surface area contributed by atoms with Gasteiger partial charge in [-0.2, -0.15) is 0 Å². The van der Waals surface area contributed by atoms with E-state index >= 15 is 0 Å². The van der Waals surface area contributed by atoms with Crippen molar-refractivity contribution < 1.29 is 24.2 Å². The molecule has 4 rings (SSSR count). The summed E-state index contributed by atoms with van der Waals surface area (Å²) in [5.74, 6) is -2.24. The van der Waals surface area contributed by atoms with Crippen LogP contribution in [-0.2, 0) is 25.7 Å². The van der Waals surface area contributed by atoms with Crippen molar-refractivity contribution in [1.29, 1.82) is 0 Å². The van der Waals surface area contributed by atoms with Crippen molar-refractivity contribution >= 4 is 29.5 Å². The number of aliphatic hydroxyl groups excluding tert-OH is 1. The first kappa shape index (κ1) is 27.5. The summed E-state index contributed by atoms with van der Waals surface area (Å²) in [5.41, 5.74) is 0.978. The number of hydrogen-bond donors (Lipinski definition) is 1. The van der Waals surface area contributed by atoms with Gasteiger partial charge in [-0.05, 0) is 31.2 Å². The highest BCUT2D eigenvalue weighted by Gasteiger charge is 2.78. The first-order chi connectivity index (χ1) is 17.6. The minimum atomic E-state index is -0.794. The van der Waals surface area contributed by atoms with Gasteiger partial charge in [0, 0.05) is 17.8 Å². The number of likely N-dealkylation sites (tertiary alicyclic amines) is 1. The molecule has 0 aromatic heterocycles. The second-order valence-electron chi connectivity index (χ2n) is 10.9. The summed E-state index contributed by atoms with van der Waals surface area (Å²) in [6.07, 6.45) is 4.56. The Kier molecular flexibility index (Phi) is 7.91. The van der Waals surface area contributed by atoms with Crippen molar-refractivity contribution in [2.75, 3.05) is 19.8 Å². The van der Waals surface area contributed by atoms with Gasteiger partial charge in [-0.3, -0.25) is 14.4 Å². The quantitative estimate of drug-likeness (QED) is 0.351. The predicted octanol–water partition coefficient (Wildman–Crippen LogP) is 3.43. The summed E-state index contributed by atoms with van der Waals surface area (Å²) in [6, 6.07) is 8.39. The Labute approximate surface area is 223 Å². The van der Waals surface area contributed by atoms with E-state index in [0.29, 0.717) is 25.9 Å². The van der Waals surface area contributed by atoms with Crippen LogP contribution in [0.25, 0.3) is 0 Å². The number of amides is 2. The van der Waals surface area contributed by atoms with Gasteiger partial charge in [0.25, 0.3) is 0 Å². The molecule has 8 heteroatoms. The zero-order valence-electron chi connectivity index (χ0n) is 22.0. The maximum absolute atomic E-state index is 14.5. The van der Waals surface area contributed by atoms with E-state index in [-0.39, 0.29) is 30.9 Å². The molecule has 0 radical (unpaired) electrons. The second kappa shape index (κ2) is 10.7. The molecule has 1 aromatic rings. The molecule has 6 atom stereocenters. The van der Waals surface area contributed by atoms with Gasteiger partial charge in [0.1, 0.15) is 12.6 Å². The Balaban J connectivity index is 1.79. The standard InChI is InChI=1S/C29H38N2O5S/c1-6-15-30(17-20-11-9-8-10-12-20)26(34)24-29-14-13-28(5,37-29)23(27(35)36-16-7-2)22(29)25(33)31(24)21(18-32)19(3)4/h6-12,19,21-24,32H,1-2,13-18H2,3-5H3/t21-,22-,23+,24?,28-,29?/m0/s1. The van der Waals surface area contributed by atoms with Crippen molar-refractivity contribution in [3.63, 3.8) is 0 Å². The Morgan fingerprint density at radius 1 is 1.24 bits per heavy atom. The third kappa shape index (κ3) is 4.52. The van der Waals surface area contributed by atoms with E-state index in [1.54, 1.807) is 27.6 Å². The van der Waals surface area contributed by atoms with Gasteiger partial charge in [-0.25, -0.2) is 0 Å². The first-order valence-electron chi connectivity index (χ1n) is 13.0. The lowest BCUT2D eigenvalue weighted by atomic mass is 9.66. The molecule has 7 nitrogen and oxygen atoms in total. The Morgan fingerprint density at radius 3 is 2.54 bits per heavy atom. The maximum Gasteiger partial charge on any atom is 0.311 e. The van der Waals surface area contributed by atoms with Gasteiger partial charge in [0.15, 0.2) is 0 Å². The smallest absolute Gasteiger partial charge is 0.311 e. The van der Waals surface area contributed by atoms with Crippen molar-refractivity contribution in [1.82, 2.24) is 9.80 Å².